The molecule has 0 aromatic carbocycles. The summed E-state index contributed by atoms with van der Waals surface area (Å²) >= 11 is 0. The van der Waals surface area contributed by atoms with Gasteiger partial charge in [0.1, 0.15) is 6.04 Å². The van der Waals surface area contributed by atoms with Crippen LogP contribution in [0.1, 0.15) is 53.9 Å². The normalized spacial score (nSPS) is 27.7. The van der Waals surface area contributed by atoms with Crippen LogP contribution in [0.4, 0.5) is 4.79 Å². The highest BCUT2D eigenvalue weighted by atomic mass is 16.2. The molecule has 0 radical (unpaired) electrons. The SMILES string of the molecule is CC(C)NC(=O)N[C@H]1C[C@H]2CN(CC(C)(C)C)[C@@H](CNC(=O)C3CC3)C(=O)N2C1. The highest BCUT2D eigenvalue weighted by Gasteiger charge is 2.46. The van der Waals surface area contributed by atoms with Gasteiger partial charge in [-0.3, -0.25) is 14.5 Å². The zero-order valence-electron chi connectivity index (χ0n) is 18.5. The Morgan fingerprint density at radius 1 is 1.17 bits per heavy atom. The van der Waals surface area contributed by atoms with E-state index in [-0.39, 0.29) is 53.3 Å². The Kier molecular flexibility index (Phi) is 6.41. The molecule has 3 fully saturated rings. The maximum Gasteiger partial charge on any atom is 0.315 e. The molecule has 2 saturated heterocycles. The number of hydrogen-bond acceptors (Lipinski definition) is 4. The molecule has 1 saturated carbocycles. The molecule has 0 aromatic heterocycles. The van der Waals surface area contributed by atoms with Gasteiger partial charge in [-0.2, -0.15) is 0 Å². The molecule has 0 aromatic rings. The van der Waals surface area contributed by atoms with Gasteiger partial charge >= 0.3 is 6.03 Å². The fourth-order valence-corrected chi connectivity index (χ4v) is 4.39. The first-order valence-electron chi connectivity index (χ1n) is 10.9. The number of piperazine rings is 1. The highest BCUT2D eigenvalue weighted by molar-refractivity contribution is 5.86. The largest absolute Gasteiger partial charge is 0.354 e. The lowest BCUT2D eigenvalue weighted by Gasteiger charge is -2.45. The van der Waals surface area contributed by atoms with Crippen LogP contribution in [0.2, 0.25) is 0 Å². The van der Waals surface area contributed by atoms with Gasteiger partial charge in [-0.25, -0.2) is 4.79 Å². The van der Waals surface area contributed by atoms with Crippen molar-refractivity contribution < 1.29 is 14.4 Å². The van der Waals surface area contributed by atoms with Gasteiger partial charge in [-0.05, 0) is 38.5 Å². The van der Waals surface area contributed by atoms with E-state index in [0.717, 1.165) is 32.4 Å². The average molecular weight is 408 g/mol. The van der Waals surface area contributed by atoms with Gasteiger partial charge in [-0.15, -0.1) is 0 Å². The number of carbonyl (C=O) groups excluding carboxylic acids is 3. The van der Waals surface area contributed by atoms with E-state index >= 15 is 0 Å². The van der Waals surface area contributed by atoms with Gasteiger partial charge in [0.15, 0.2) is 0 Å². The van der Waals surface area contributed by atoms with Crippen LogP contribution >= 0.6 is 0 Å². The third kappa shape index (κ3) is 5.84. The highest BCUT2D eigenvalue weighted by Crippen LogP contribution is 2.30. The first-order chi connectivity index (χ1) is 13.5. The van der Waals surface area contributed by atoms with Crippen LogP contribution < -0.4 is 16.0 Å². The van der Waals surface area contributed by atoms with Gasteiger partial charge in [0.05, 0.1) is 6.04 Å². The van der Waals surface area contributed by atoms with Gasteiger partial charge in [0.2, 0.25) is 11.8 Å². The summed E-state index contributed by atoms with van der Waals surface area (Å²) in [4.78, 5) is 41.7. The smallest absolute Gasteiger partial charge is 0.315 e. The molecule has 3 rings (SSSR count). The molecule has 0 bridgehead atoms. The summed E-state index contributed by atoms with van der Waals surface area (Å²) in [6.07, 6.45) is 2.67. The molecule has 29 heavy (non-hydrogen) atoms. The Morgan fingerprint density at radius 3 is 2.45 bits per heavy atom. The molecule has 0 unspecified atom stereocenters. The molecule has 1 aliphatic carbocycles. The van der Waals surface area contributed by atoms with E-state index in [2.05, 4.69) is 41.6 Å². The lowest BCUT2D eigenvalue weighted by Crippen LogP contribution is -2.63. The van der Waals surface area contributed by atoms with E-state index < -0.39 is 0 Å². The second kappa shape index (κ2) is 8.50. The van der Waals surface area contributed by atoms with Crippen molar-refractivity contribution in [1.29, 1.82) is 0 Å². The number of urea groups is 1. The summed E-state index contributed by atoms with van der Waals surface area (Å²) < 4.78 is 0. The molecular formula is C21H37N5O3. The fourth-order valence-electron chi connectivity index (χ4n) is 4.39. The van der Waals surface area contributed by atoms with Gasteiger partial charge < -0.3 is 20.9 Å². The van der Waals surface area contributed by atoms with Crippen molar-refractivity contribution in [3.63, 3.8) is 0 Å². The predicted octanol–water partition coefficient (Wildman–Crippen LogP) is 0.920. The molecular weight excluding hydrogens is 370 g/mol. The molecule has 3 atom stereocenters. The second-order valence-corrected chi connectivity index (χ2v) is 10.4. The first-order valence-corrected chi connectivity index (χ1v) is 10.9. The van der Waals surface area contributed by atoms with Crippen molar-refractivity contribution in [1.82, 2.24) is 25.8 Å². The minimum absolute atomic E-state index is 0.0426. The Hall–Kier alpha value is -1.83. The molecule has 2 aliphatic heterocycles. The number of carbonyl (C=O) groups is 3. The Morgan fingerprint density at radius 2 is 1.86 bits per heavy atom. The minimum atomic E-state index is -0.337. The Balaban J connectivity index is 1.65. The maximum atomic E-state index is 13.3. The van der Waals surface area contributed by atoms with E-state index in [0.29, 0.717) is 13.1 Å². The monoisotopic (exact) mass is 407 g/mol. The van der Waals surface area contributed by atoms with E-state index in [9.17, 15) is 14.4 Å². The minimum Gasteiger partial charge on any atom is -0.354 e. The molecule has 3 aliphatic rings. The van der Waals surface area contributed by atoms with Gasteiger partial charge in [0, 0.05) is 44.2 Å². The second-order valence-electron chi connectivity index (χ2n) is 10.4. The van der Waals surface area contributed by atoms with Crippen LogP contribution in [0.5, 0.6) is 0 Å². The van der Waals surface area contributed by atoms with Gasteiger partial charge in [-0.1, -0.05) is 20.8 Å². The molecule has 8 nitrogen and oxygen atoms in total. The lowest BCUT2D eigenvalue weighted by molar-refractivity contribution is -0.144. The van der Waals surface area contributed by atoms with Crippen LogP contribution in [-0.4, -0.2) is 78.0 Å². The number of nitrogens with zero attached hydrogens (tertiary/aromatic N) is 2. The molecule has 8 heteroatoms. The van der Waals surface area contributed by atoms with Crippen molar-refractivity contribution in [3.8, 4) is 0 Å². The maximum absolute atomic E-state index is 13.3. The Labute approximate surface area is 174 Å². The number of hydrogen-bond donors (Lipinski definition) is 3. The molecule has 3 N–H and O–H groups in total. The number of fused-ring (bicyclic) bond motifs is 1. The predicted molar refractivity (Wildman–Crippen MR) is 111 cm³/mol. The van der Waals surface area contributed by atoms with E-state index in [4.69, 9.17) is 0 Å². The number of rotatable bonds is 6. The third-order valence-electron chi connectivity index (χ3n) is 5.72. The molecule has 4 amide bonds. The van der Waals surface area contributed by atoms with Crippen molar-refractivity contribution in [2.24, 2.45) is 11.3 Å². The van der Waals surface area contributed by atoms with Crippen LogP contribution in [0.25, 0.3) is 0 Å². The summed E-state index contributed by atoms with van der Waals surface area (Å²) in [5.74, 6) is 0.273. The van der Waals surface area contributed by atoms with Crippen LogP contribution in [0.15, 0.2) is 0 Å². The number of amides is 4. The van der Waals surface area contributed by atoms with Gasteiger partial charge in [0.25, 0.3) is 0 Å². The van der Waals surface area contributed by atoms with E-state index in [1.165, 1.54) is 0 Å². The van der Waals surface area contributed by atoms with Crippen molar-refractivity contribution in [2.75, 3.05) is 26.2 Å². The van der Waals surface area contributed by atoms with Crippen molar-refractivity contribution >= 4 is 17.8 Å². The summed E-state index contributed by atoms with van der Waals surface area (Å²) in [6.45, 7) is 12.8. The summed E-state index contributed by atoms with van der Waals surface area (Å²) in [6, 6.07) is -0.389. The average Bonchev–Trinajstić information content (AvgIpc) is 3.34. The summed E-state index contributed by atoms with van der Waals surface area (Å²) in [7, 11) is 0. The van der Waals surface area contributed by atoms with Crippen LogP contribution in [-0.2, 0) is 9.59 Å². The van der Waals surface area contributed by atoms with Crippen molar-refractivity contribution in [3.05, 3.63) is 0 Å². The summed E-state index contributed by atoms with van der Waals surface area (Å²) in [5, 5.41) is 8.85. The molecule has 0 spiro atoms. The summed E-state index contributed by atoms with van der Waals surface area (Å²) in [5.41, 5.74) is 0.0502. The third-order valence-corrected chi connectivity index (χ3v) is 5.72. The molecule has 164 valence electrons. The zero-order chi connectivity index (χ0) is 21.3. The molecule has 2 heterocycles. The van der Waals surface area contributed by atoms with E-state index in [1.54, 1.807) is 0 Å². The van der Waals surface area contributed by atoms with Crippen LogP contribution in [0.3, 0.4) is 0 Å². The standard InChI is InChI=1S/C21H37N5O3/c1-13(2)23-20(29)24-15-8-16-11-25(12-21(3,4)5)17(19(28)26(16)10-15)9-22-18(27)14-6-7-14/h13-17H,6-12H2,1-5H3,(H,22,27)(H2,23,24,29)/t15-,16-,17-/m0/s1. The van der Waals surface area contributed by atoms with E-state index in [1.807, 2.05) is 18.7 Å². The van der Waals surface area contributed by atoms with Crippen LogP contribution in [0, 0.1) is 11.3 Å². The fraction of sp³-hybridized carbons (Fsp3) is 0.857. The quantitative estimate of drug-likeness (QED) is 0.610. The lowest BCUT2D eigenvalue weighted by atomic mass is 9.93. The first kappa shape index (κ1) is 21.9. The zero-order valence-corrected chi connectivity index (χ0v) is 18.5. The Bertz CT molecular complexity index is 641. The van der Waals surface area contributed by atoms with Crippen molar-refractivity contribution in [2.45, 2.75) is 78.0 Å². The topological polar surface area (TPSA) is 93.8 Å². The number of nitrogens with one attached hydrogen (secondary N) is 3.